The third-order valence-electron chi connectivity index (χ3n) is 5.08. The molecule has 0 spiro atoms. The van der Waals surface area contributed by atoms with Crippen LogP contribution in [0, 0.1) is 0 Å². The molecule has 7 heteroatoms. The molecule has 7 nitrogen and oxygen atoms in total. The first-order valence-electron chi connectivity index (χ1n) is 9.36. The lowest BCUT2D eigenvalue weighted by Gasteiger charge is -2.36. The van der Waals surface area contributed by atoms with Crippen LogP contribution in [0.3, 0.4) is 0 Å². The van der Waals surface area contributed by atoms with Gasteiger partial charge >= 0.3 is 6.03 Å². The summed E-state index contributed by atoms with van der Waals surface area (Å²) >= 11 is 0. The van der Waals surface area contributed by atoms with Gasteiger partial charge in [-0.25, -0.2) is 4.79 Å². The highest BCUT2D eigenvalue weighted by Gasteiger charge is 2.25. The maximum absolute atomic E-state index is 12.5. The SMILES string of the molecule is COc1ccccc1NC(=O)N1CCN(CC(=O)N2CCCCC2)CC1. The van der Waals surface area contributed by atoms with Crippen LogP contribution in [0.15, 0.2) is 24.3 Å². The molecule has 3 amide bonds. The molecule has 1 aromatic rings. The van der Waals surface area contributed by atoms with E-state index in [2.05, 4.69) is 10.2 Å². The normalized spacial score (nSPS) is 18.5. The smallest absolute Gasteiger partial charge is 0.322 e. The molecule has 3 rings (SSSR count). The Bertz CT molecular complexity index is 623. The Morgan fingerprint density at radius 2 is 1.65 bits per heavy atom. The number of ether oxygens (including phenoxy) is 1. The highest BCUT2D eigenvalue weighted by molar-refractivity contribution is 5.91. The second kappa shape index (κ2) is 8.89. The highest BCUT2D eigenvalue weighted by Crippen LogP contribution is 2.23. The Morgan fingerprint density at radius 1 is 0.962 bits per heavy atom. The summed E-state index contributed by atoms with van der Waals surface area (Å²) in [6.07, 6.45) is 3.45. The summed E-state index contributed by atoms with van der Waals surface area (Å²) in [5.41, 5.74) is 0.669. The zero-order valence-corrected chi connectivity index (χ0v) is 15.4. The summed E-state index contributed by atoms with van der Waals surface area (Å²) < 4.78 is 5.27. The Labute approximate surface area is 154 Å². The van der Waals surface area contributed by atoms with E-state index in [1.165, 1.54) is 6.42 Å². The molecule has 0 aliphatic carbocycles. The van der Waals surface area contributed by atoms with Gasteiger partial charge in [0.25, 0.3) is 0 Å². The van der Waals surface area contributed by atoms with E-state index in [0.29, 0.717) is 31.1 Å². The number of hydrogen-bond donors (Lipinski definition) is 1. The van der Waals surface area contributed by atoms with Crippen molar-refractivity contribution in [3.8, 4) is 5.75 Å². The molecular formula is C19H28N4O3. The molecule has 0 aromatic heterocycles. The van der Waals surface area contributed by atoms with Gasteiger partial charge in [-0.15, -0.1) is 0 Å². The number of piperidine rings is 1. The second-order valence-electron chi connectivity index (χ2n) is 6.84. The minimum atomic E-state index is -0.128. The summed E-state index contributed by atoms with van der Waals surface area (Å²) in [5.74, 6) is 0.864. The molecule has 1 aromatic carbocycles. The molecule has 0 radical (unpaired) electrons. The predicted octanol–water partition coefficient (Wildman–Crippen LogP) is 1.86. The van der Waals surface area contributed by atoms with E-state index in [4.69, 9.17) is 4.74 Å². The van der Waals surface area contributed by atoms with Crippen LogP contribution in [-0.2, 0) is 4.79 Å². The number of likely N-dealkylation sites (tertiary alicyclic amines) is 1. The summed E-state index contributed by atoms with van der Waals surface area (Å²) in [6, 6.07) is 7.25. The summed E-state index contributed by atoms with van der Waals surface area (Å²) in [6.45, 7) is 4.92. The summed E-state index contributed by atoms with van der Waals surface area (Å²) in [7, 11) is 1.59. The van der Waals surface area contributed by atoms with E-state index in [-0.39, 0.29) is 11.9 Å². The van der Waals surface area contributed by atoms with Crippen LogP contribution in [-0.4, -0.2) is 79.6 Å². The molecule has 0 bridgehead atoms. The number of nitrogens with zero attached hydrogens (tertiary/aromatic N) is 3. The number of carbonyl (C=O) groups excluding carboxylic acids is 2. The van der Waals surface area contributed by atoms with Gasteiger partial charge in [0, 0.05) is 39.3 Å². The number of hydrogen-bond acceptors (Lipinski definition) is 4. The zero-order chi connectivity index (χ0) is 18.4. The molecule has 0 saturated carbocycles. The van der Waals surface area contributed by atoms with Crippen molar-refractivity contribution < 1.29 is 14.3 Å². The molecule has 0 atom stereocenters. The first-order valence-corrected chi connectivity index (χ1v) is 9.36. The van der Waals surface area contributed by atoms with Gasteiger partial charge in [0.05, 0.1) is 19.3 Å². The molecule has 2 aliphatic rings. The predicted molar refractivity (Wildman–Crippen MR) is 100 cm³/mol. The monoisotopic (exact) mass is 360 g/mol. The molecule has 2 heterocycles. The average molecular weight is 360 g/mol. The zero-order valence-electron chi connectivity index (χ0n) is 15.4. The van der Waals surface area contributed by atoms with Crippen molar-refractivity contribution in [2.45, 2.75) is 19.3 Å². The van der Waals surface area contributed by atoms with E-state index < -0.39 is 0 Å². The van der Waals surface area contributed by atoms with Gasteiger partial charge in [-0.2, -0.15) is 0 Å². The molecule has 2 fully saturated rings. The number of nitrogens with one attached hydrogen (secondary N) is 1. The largest absolute Gasteiger partial charge is 0.495 e. The van der Waals surface area contributed by atoms with Crippen LogP contribution in [0.1, 0.15) is 19.3 Å². The van der Waals surface area contributed by atoms with Crippen molar-refractivity contribution in [3.05, 3.63) is 24.3 Å². The number of anilines is 1. The van der Waals surface area contributed by atoms with Gasteiger partial charge in [-0.1, -0.05) is 12.1 Å². The van der Waals surface area contributed by atoms with Crippen LogP contribution in [0.5, 0.6) is 5.75 Å². The molecule has 0 unspecified atom stereocenters. The molecule has 26 heavy (non-hydrogen) atoms. The fourth-order valence-electron chi connectivity index (χ4n) is 3.49. The van der Waals surface area contributed by atoms with E-state index in [0.717, 1.165) is 39.0 Å². The second-order valence-corrected chi connectivity index (χ2v) is 6.84. The topological polar surface area (TPSA) is 65.1 Å². The van der Waals surface area contributed by atoms with Crippen molar-refractivity contribution in [2.24, 2.45) is 0 Å². The Balaban J connectivity index is 1.45. The number of urea groups is 1. The number of benzene rings is 1. The lowest BCUT2D eigenvalue weighted by molar-refractivity contribution is -0.133. The minimum absolute atomic E-state index is 0.128. The molecule has 2 aliphatic heterocycles. The fourth-order valence-corrected chi connectivity index (χ4v) is 3.49. The number of methoxy groups -OCH3 is 1. The Morgan fingerprint density at radius 3 is 2.35 bits per heavy atom. The number of carbonyl (C=O) groups is 2. The maximum atomic E-state index is 12.5. The first-order chi connectivity index (χ1) is 12.7. The van der Waals surface area contributed by atoms with Crippen LogP contribution < -0.4 is 10.1 Å². The Hall–Kier alpha value is -2.28. The van der Waals surface area contributed by atoms with Gasteiger partial charge in [0.15, 0.2) is 0 Å². The van der Waals surface area contributed by atoms with Crippen molar-refractivity contribution >= 4 is 17.6 Å². The first kappa shape index (κ1) is 18.5. The average Bonchev–Trinajstić information content (AvgIpc) is 2.69. The van der Waals surface area contributed by atoms with Gasteiger partial charge < -0.3 is 19.9 Å². The van der Waals surface area contributed by atoms with Gasteiger partial charge in [0.2, 0.25) is 5.91 Å². The number of amides is 3. The number of para-hydroxylation sites is 2. The third kappa shape index (κ3) is 4.66. The third-order valence-corrected chi connectivity index (χ3v) is 5.08. The van der Waals surface area contributed by atoms with Crippen molar-refractivity contribution in [1.82, 2.24) is 14.7 Å². The fraction of sp³-hybridized carbons (Fsp3) is 0.579. The van der Waals surface area contributed by atoms with Crippen molar-refractivity contribution in [2.75, 3.05) is 58.2 Å². The van der Waals surface area contributed by atoms with E-state index >= 15 is 0 Å². The molecule has 1 N–H and O–H groups in total. The van der Waals surface area contributed by atoms with Crippen LogP contribution in [0.2, 0.25) is 0 Å². The molecule has 142 valence electrons. The lowest BCUT2D eigenvalue weighted by atomic mass is 10.1. The summed E-state index contributed by atoms with van der Waals surface area (Å²) in [4.78, 5) is 30.8. The Kier molecular flexibility index (Phi) is 6.33. The maximum Gasteiger partial charge on any atom is 0.322 e. The van der Waals surface area contributed by atoms with Crippen molar-refractivity contribution in [3.63, 3.8) is 0 Å². The lowest BCUT2D eigenvalue weighted by Crippen LogP contribution is -2.52. The van der Waals surface area contributed by atoms with Crippen LogP contribution >= 0.6 is 0 Å². The molecular weight excluding hydrogens is 332 g/mol. The van der Waals surface area contributed by atoms with E-state index in [1.807, 2.05) is 29.2 Å². The minimum Gasteiger partial charge on any atom is -0.495 e. The number of piperazine rings is 1. The molecule has 2 saturated heterocycles. The summed E-state index contributed by atoms with van der Waals surface area (Å²) in [5, 5.41) is 2.91. The quantitative estimate of drug-likeness (QED) is 0.890. The van der Waals surface area contributed by atoms with Gasteiger partial charge in [-0.3, -0.25) is 9.69 Å². The van der Waals surface area contributed by atoms with Gasteiger partial charge in [0.1, 0.15) is 5.75 Å². The van der Waals surface area contributed by atoms with Crippen LogP contribution in [0.4, 0.5) is 10.5 Å². The highest BCUT2D eigenvalue weighted by atomic mass is 16.5. The van der Waals surface area contributed by atoms with E-state index in [1.54, 1.807) is 12.0 Å². The number of rotatable bonds is 4. The van der Waals surface area contributed by atoms with E-state index in [9.17, 15) is 9.59 Å². The van der Waals surface area contributed by atoms with Gasteiger partial charge in [-0.05, 0) is 31.4 Å². The van der Waals surface area contributed by atoms with Crippen molar-refractivity contribution in [1.29, 1.82) is 0 Å². The standard InChI is InChI=1S/C19H28N4O3/c1-26-17-8-4-3-7-16(17)20-19(25)23-13-11-21(12-14-23)15-18(24)22-9-5-2-6-10-22/h3-4,7-8H,2,5-6,9-15H2,1H3,(H,20,25). The van der Waals surface area contributed by atoms with Crippen LogP contribution in [0.25, 0.3) is 0 Å².